The molecule has 1 aliphatic heterocycles. The van der Waals surface area contributed by atoms with Crippen LogP contribution in [0.5, 0.6) is 11.5 Å². The molecule has 0 bridgehead atoms. The summed E-state index contributed by atoms with van der Waals surface area (Å²) in [4.78, 5) is 23.4. The van der Waals surface area contributed by atoms with Crippen molar-refractivity contribution in [3.63, 3.8) is 0 Å². The lowest BCUT2D eigenvalue weighted by molar-refractivity contribution is -0.130. The number of hydrogen-bond acceptors (Lipinski definition) is 5. The van der Waals surface area contributed by atoms with E-state index in [2.05, 4.69) is 18.7 Å². The van der Waals surface area contributed by atoms with Crippen LogP contribution in [0, 0.1) is 0 Å². The van der Waals surface area contributed by atoms with Crippen molar-refractivity contribution in [1.29, 1.82) is 0 Å². The van der Waals surface area contributed by atoms with Crippen LogP contribution in [0.15, 0.2) is 71.7 Å². The second-order valence-electron chi connectivity index (χ2n) is 9.70. The third-order valence-corrected chi connectivity index (χ3v) is 7.31. The van der Waals surface area contributed by atoms with Crippen LogP contribution in [0.2, 0.25) is 10.0 Å². The summed E-state index contributed by atoms with van der Waals surface area (Å²) in [6.07, 6.45) is -0.0863. The number of aliphatic imine (C=N–C) groups is 1. The van der Waals surface area contributed by atoms with Gasteiger partial charge >= 0.3 is 0 Å². The molecule has 1 amide bonds. The highest BCUT2D eigenvalue weighted by atomic mass is 35.5. The summed E-state index contributed by atoms with van der Waals surface area (Å²) in [6, 6.07) is 20.1. The SMILES string of the molecule is CCN(CC)CC(=O)N1C(c2ccc(OC)cc2OC(C)C)=NC(c2ccc(Cl)cc2)C1c1ccc(Cl)cc1. The van der Waals surface area contributed by atoms with Gasteiger partial charge in [0.1, 0.15) is 23.4 Å². The van der Waals surface area contributed by atoms with Crippen LogP contribution in [-0.2, 0) is 4.79 Å². The first-order valence-corrected chi connectivity index (χ1v) is 14.0. The van der Waals surface area contributed by atoms with Gasteiger partial charge in [-0.05, 0) is 74.5 Å². The molecule has 0 aliphatic carbocycles. The summed E-state index contributed by atoms with van der Waals surface area (Å²) in [6.45, 7) is 9.84. The lowest BCUT2D eigenvalue weighted by atomic mass is 9.93. The number of halogens is 2. The van der Waals surface area contributed by atoms with Crippen molar-refractivity contribution in [2.24, 2.45) is 4.99 Å². The number of amides is 1. The van der Waals surface area contributed by atoms with Gasteiger partial charge in [-0.1, -0.05) is 61.3 Å². The van der Waals surface area contributed by atoms with Gasteiger partial charge in [0.2, 0.25) is 5.91 Å². The molecule has 3 aromatic carbocycles. The Bertz CT molecular complexity index is 1310. The van der Waals surface area contributed by atoms with E-state index in [9.17, 15) is 4.79 Å². The maximum Gasteiger partial charge on any atom is 0.242 e. The van der Waals surface area contributed by atoms with Crippen molar-refractivity contribution in [3.8, 4) is 11.5 Å². The molecule has 2 atom stereocenters. The van der Waals surface area contributed by atoms with E-state index in [0.29, 0.717) is 27.4 Å². The number of carbonyl (C=O) groups excluding carboxylic acids is 1. The van der Waals surface area contributed by atoms with Crippen LogP contribution in [0.3, 0.4) is 0 Å². The Balaban J connectivity index is 1.93. The van der Waals surface area contributed by atoms with Crippen molar-refractivity contribution in [2.45, 2.75) is 45.9 Å². The largest absolute Gasteiger partial charge is 0.497 e. The molecule has 0 aromatic heterocycles. The van der Waals surface area contributed by atoms with Crippen molar-refractivity contribution in [3.05, 3.63) is 93.5 Å². The van der Waals surface area contributed by atoms with Crippen LogP contribution in [0.1, 0.15) is 56.5 Å². The van der Waals surface area contributed by atoms with Crippen molar-refractivity contribution >= 4 is 34.9 Å². The second-order valence-corrected chi connectivity index (χ2v) is 10.6. The number of amidine groups is 1. The molecular formula is C31H35Cl2N3O3. The summed E-state index contributed by atoms with van der Waals surface area (Å²) < 4.78 is 11.7. The summed E-state index contributed by atoms with van der Waals surface area (Å²) in [5, 5.41) is 1.27. The van der Waals surface area contributed by atoms with E-state index in [1.807, 2.05) is 85.5 Å². The average molecular weight is 569 g/mol. The molecule has 0 fully saturated rings. The molecule has 8 heteroatoms. The minimum Gasteiger partial charge on any atom is -0.497 e. The molecule has 0 saturated heterocycles. The molecule has 2 unspecified atom stereocenters. The molecule has 0 N–H and O–H groups in total. The topological polar surface area (TPSA) is 54.4 Å². The summed E-state index contributed by atoms with van der Waals surface area (Å²) in [5.74, 6) is 1.79. The Hall–Kier alpha value is -3.06. The Morgan fingerprint density at radius 2 is 1.54 bits per heavy atom. The third-order valence-electron chi connectivity index (χ3n) is 6.80. The quantitative estimate of drug-likeness (QED) is 0.260. The first kappa shape index (κ1) is 28.9. The molecule has 0 spiro atoms. The van der Waals surface area contributed by atoms with Gasteiger partial charge in [-0.25, -0.2) is 0 Å². The number of methoxy groups -OCH3 is 1. The predicted octanol–water partition coefficient (Wildman–Crippen LogP) is 7.20. The highest BCUT2D eigenvalue weighted by molar-refractivity contribution is 6.30. The zero-order valence-corrected chi connectivity index (χ0v) is 24.5. The standard InChI is InChI=1S/C31H35Cl2N3O3/c1-6-35(7-2)19-28(37)36-30(22-10-14-24(33)15-11-22)29(21-8-12-23(32)13-9-21)34-31(36)26-17-16-25(38-5)18-27(26)39-20(3)4/h8-18,20,29-30H,6-7,19H2,1-5H3. The Labute approximate surface area is 241 Å². The van der Waals surface area contributed by atoms with Crippen LogP contribution in [0.25, 0.3) is 0 Å². The van der Waals surface area contributed by atoms with E-state index in [1.54, 1.807) is 7.11 Å². The molecule has 4 rings (SSSR count). The normalized spacial score (nSPS) is 17.1. The first-order chi connectivity index (χ1) is 18.7. The van der Waals surface area contributed by atoms with Gasteiger partial charge in [0.25, 0.3) is 0 Å². The Kier molecular flexibility index (Phi) is 9.54. The van der Waals surface area contributed by atoms with Crippen molar-refractivity contribution in [1.82, 2.24) is 9.80 Å². The van der Waals surface area contributed by atoms with Crippen LogP contribution in [-0.4, -0.2) is 54.4 Å². The molecule has 39 heavy (non-hydrogen) atoms. The number of ether oxygens (including phenoxy) is 2. The van der Waals surface area contributed by atoms with Gasteiger partial charge < -0.3 is 9.47 Å². The third kappa shape index (κ3) is 6.57. The van der Waals surface area contributed by atoms with E-state index in [0.717, 1.165) is 29.8 Å². The number of rotatable bonds is 10. The lowest BCUT2D eigenvalue weighted by Crippen LogP contribution is -2.44. The van der Waals surface area contributed by atoms with Gasteiger partial charge in [-0.15, -0.1) is 0 Å². The van der Waals surface area contributed by atoms with Crippen LogP contribution >= 0.6 is 23.2 Å². The zero-order chi connectivity index (χ0) is 28.1. The van der Waals surface area contributed by atoms with E-state index in [-0.39, 0.29) is 24.6 Å². The lowest BCUT2D eigenvalue weighted by Gasteiger charge is -2.32. The van der Waals surface area contributed by atoms with E-state index in [1.165, 1.54) is 0 Å². The van der Waals surface area contributed by atoms with Gasteiger partial charge in [0.15, 0.2) is 0 Å². The minimum atomic E-state index is -0.393. The number of carbonyl (C=O) groups is 1. The maximum absolute atomic E-state index is 14.2. The predicted molar refractivity (Wildman–Crippen MR) is 158 cm³/mol. The van der Waals surface area contributed by atoms with Gasteiger partial charge in [0, 0.05) is 16.1 Å². The summed E-state index contributed by atoms with van der Waals surface area (Å²) in [7, 11) is 1.62. The van der Waals surface area contributed by atoms with E-state index >= 15 is 0 Å². The van der Waals surface area contributed by atoms with Crippen LogP contribution < -0.4 is 9.47 Å². The fraction of sp³-hybridized carbons (Fsp3) is 0.355. The van der Waals surface area contributed by atoms with E-state index in [4.69, 9.17) is 37.7 Å². The minimum absolute atomic E-state index is 0.0415. The van der Waals surface area contributed by atoms with Crippen molar-refractivity contribution < 1.29 is 14.3 Å². The number of nitrogens with zero attached hydrogens (tertiary/aromatic N) is 3. The fourth-order valence-electron chi connectivity index (χ4n) is 4.80. The molecule has 0 radical (unpaired) electrons. The second kappa shape index (κ2) is 12.9. The summed E-state index contributed by atoms with van der Waals surface area (Å²) in [5.41, 5.74) is 2.62. The molecule has 206 valence electrons. The Morgan fingerprint density at radius 3 is 2.08 bits per heavy atom. The highest BCUT2D eigenvalue weighted by Crippen LogP contribution is 2.45. The molecule has 1 aliphatic rings. The summed E-state index contributed by atoms with van der Waals surface area (Å²) >= 11 is 12.5. The molecular weight excluding hydrogens is 533 g/mol. The zero-order valence-electron chi connectivity index (χ0n) is 23.0. The van der Waals surface area contributed by atoms with Crippen molar-refractivity contribution in [2.75, 3.05) is 26.7 Å². The highest BCUT2D eigenvalue weighted by Gasteiger charge is 2.43. The smallest absolute Gasteiger partial charge is 0.242 e. The van der Waals surface area contributed by atoms with Gasteiger partial charge in [-0.3, -0.25) is 19.6 Å². The number of benzene rings is 3. The number of hydrogen-bond donors (Lipinski definition) is 0. The van der Waals surface area contributed by atoms with Crippen LogP contribution in [0.4, 0.5) is 0 Å². The molecule has 1 heterocycles. The monoisotopic (exact) mass is 567 g/mol. The molecule has 3 aromatic rings. The first-order valence-electron chi connectivity index (χ1n) is 13.2. The maximum atomic E-state index is 14.2. The Morgan fingerprint density at radius 1 is 0.949 bits per heavy atom. The average Bonchev–Trinajstić information content (AvgIpc) is 3.32. The van der Waals surface area contributed by atoms with Gasteiger partial charge in [-0.2, -0.15) is 0 Å². The van der Waals surface area contributed by atoms with E-state index < -0.39 is 6.04 Å². The molecule has 0 saturated carbocycles. The molecule has 6 nitrogen and oxygen atoms in total. The number of likely N-dealkylation sites (N-methyl/N-ethyl adjacent to an activating group) is 1. The van der Waals surface area contributed by atoms with Gasteiger partial charge in [0.05, 0.1) is 31.4 Å². The fourth-order valence-corrected chi connectivity index (χ4v) is 5.05.